The van der Waals surface area contributed by atoms with Crippen LogP contribution < -0.4 is 0 Å². The van der Waals surface area contributed by atoms with Gasteiger partial charge >= 0.3 is 0 Å². The molecule has 0 spiro atoms. The van der Waals surface area contributed by atoms with E-state index in [4.69, 9.17) is 9.97 Å². The Morgan fingerprint density at radius 3 is 2.65 bits per heavy atom. The first-order valence-corrected chi connectivity index (χ1v) is 13.6. The Bertz CT molecular complexity index is 2030. The number of nitrogens with zero attached hydrogens (tertiary/aromatic N) is 3. The lowest BCUT2D eigenvalue weighted by Crippen LogP contribution is -2.09. The van der Waals surface area contributed by atoms with Gasteiger partial charge in [0, 0.05) is 16.2 Å². The smallest absolute Gasteiger partial charge is 0.116 e. The number of pyridine rings is 1. The lowest BCUT2D eigenvalue weighted by molar-refractivity contribution is 0.394. The second-order valence-electron chi connectivity index (χ2n) is 11.1. The number of hydrogen-bond acceptors (Lipinski definition) is 2. The molecule has 1 aliphatic rings. The Kier molecular flexibility index (Phi) is 4.43. The van der Waals surface area contributed by atoms with E-state index in [9.17, 15) is 0 Å². The average molecular weight is 480 g/mol. The van der Waals surface area contributed by atoms with Crippen LogP contribution in [0.2, 0.25) is 0 Å². The van der Waals surface area contributed by atoms with Crippen LogP contribution >= 0.6 is 0 Å². The van der Waals surface area contributed by atoms with Gasteiger partial charge in [0.25, 0.3) is 0 Å². The quantitative estimate of drug-likeness (QED) is 0.144. The number of aryl methyl sites for hydroxylation is 2. The van der Waals surface area contributed by atoms with Crippen molar-refractivity contribution in [1.29, 1.82) is 0 Å². The van der Waals surface area contributed by atoms with Crippen LogP contribution in [0.5, 0.6) is 0 Å². The molecule has 0 aliphatic heterocycles. The molecule has 1 fully saturated rings. The van der Waals surface area contributed by atoms with Crippen LogP contribution in [0.25, 0.3) is 59.9 Å². The van der Waals surface area contributed by atoms with E-state index >= 15 is 0 Å². The number of allylic oxidation sites excluding steroid dienone is 1. The summed E-state index contributed by atoms with van der Waals surface area (Å²) < 4.78 is 2.52. The van der Waals surface area contributed by atoms with E-state index < -0.39 is 0 Å². The molecule has 4 aromatic carbocycles. The minimum Gasteiger partial charge on any atom is -0.307 e. The predicted octanol–water partition coefficient (Wildman–Crippen LogP) is 8.92. The van der Waals surface area contributed by atoms with Gasteiger partial charge in [0.1, 0.15) is 6.33 Å². The van der Waals surface area contributed by atoms with Gasteiger partial charge in [-0.05, 0) is 91.5 Å². The molecule has 0 N–H and O–H groups in total. The summed E-state index contributed by atoms with van der Waals surface area (Å²) in [6.45, 7) is 6.57. The van der Waals surface area contributed by atoms with E-state index in [0.29, 0.717) is 0 Å². The van der Waals surface area contributed by atoms with Crippen LogP contribution in [-0.2, 0) is 6.42 Å². The van der Waals surface area contributed by atoms with Crippen LogP contribution in [0.3, 0.4) is 0 Å². The van der Waals surface area contributed by atoms with Gasteiger partial charge < -0.3 is 4.40 Å². The fourth-order valence-electron chi connectivity index (χ4n) is 7.26. The second kappa shape index (κ2) is 7.76. The van der Waals surface area contributed by atoms with E-state index in [0.717, 1.165) is 23.4 Å². The summed E-state index contributed by atoms with van der Waals surface area (Å²) in [5, 5.41) is 7.66. The highest BCUT2D eigenvalue weighted by Gasteiger charge is 2.24. The third-order valence-corrected chi connectivity index (χ3v) is 8.92. The zero-order chi connectivity index (χ0) is 24.7. The number of para-hydroxylation sites is 1. The predicted molar refractivity (Wildman–Crippen MR) is 156 cm³/mol. The Morgan fingerprint density at radius 2 is 1.76 bits per heavy atom. The highest BCUT2D eigenvalue weighted by Crippen LogP contribution is 2.44. The minimum atomic E-state index is 0.739. The van der Waals surface area contributed by atoms with Gasteiger partial charge in [-0.15, -0.1) is 0 Å². The fourth-order valence-corrected chi connectivity index (χ4v) is 7.26. The molecule has 1 saturated carbocycles. The normalized spacial score (nSPS) is 16.9. The standard InChI is InChI=1S/C34H29N3/c1-20-8-7-9-22(16-20)14-15-24-18-28-31-32(36-19-35-28)27-17-23-10-3-4-11-25(23)21(2)33(27)37-29-13-6-5-12-26(29)30(24)34(31)37/h3-6,10-13,17-19,22H,1,7-9,14-16H2,2H3. The molecule has 1 unspecified atom stereocenters. The Morgan fingerprint density at radius 1 is 0.919 bits per heavy atom. The largest absolute Gasteiger partial charge is 0.307 e. The van der Waals surface area contributed by atoms with Gasteiger partial charge in [0.15, 0.2) is 0 Å². The molecule has 1 aliphatic carbocycles. The number of fused-ring (bicyclic) bond motifs is 7. The summed E-state index contributed by atoms with van der Waals surface area (Å²) >= 11 is 0. The minimum absolute atomic E-state index is 0.739. The molecule has 0 bridgehead atoms. The molecule has 0 saturated heterocycles. The highest BCUT2D eigenvalue weighted by atomic mass is 14.9. The molecule has 8 rings (SSSR count). The van der Waals surface area contributed by atoms with Crippen molar-refractivity contribution in [1.82, 2.24) is 14.4 Å². The molecule has 3 nitrogen and oxygen atoms in total. The second-order valence-corrected chi connectivity index (χ2v) is 11.1. The molecule has 1 atom stereocenters. The SMILES string of the molecule is C=C1CCCC(CCc2cc3ncnc4c5cc6ccccc6c(C)c5n5c6ccccc6c2c5c34)C1. The summed E-state index contributed by atoms with van der Waals surface area (Å²) in [6.07, 6.45) is 9.03. The first-order chi connectivity index (χ1) is 18.2. The van der Waals surface area contributed by atoms with Crippen molar-refractivity contribution in [3.05, 3.63) is 90.3 Å². The Labute approximate surface area is 215 Å². The summed E-state index contributed by atoms with van der Waals surface area (Å²) in [4.78, 5) is 9.73. The summed E-state index contributed by atoms with van der Waals surface area (Å²) in [5.41, 5.74) is 10.1. The number of rotatable bonds is 3. The maximum atomic E-state index is 4.90. The Balaban J connectivity index is 1.51. The molecular formula is C34H29N3. The Hall–Kier alpha value is -3.98. The first kappa shape index (κ1) is 21.1. The first-order valence-electron chi connectivity index (χ1n) is 13.6. The van der Waals surface area contributed by atoms with Crippen molar-refractivity contribution in [3.8, 4) is 0 Å². The van der Waals surface area contributed by atoms with Crippen molar-refractivity contribution < 1.29 is 0 Å². The van der Waals surface area contributed by atoms with Crippen molar-refractivity contribution in [2.24, 2.45) is 5.92 Å². The molecule has 0 radical (unpaired) electrons. The number of hydrogen-bond donors (Lipinski definition) is 0. The topological polar surface area (TPSA) is 30.2 Å². The van der Waals surface area contributed by atoms with E-state index in [1.165, 1.54) is 97.7 Å². The van der Waals surface area contributed by atoms with E-state index in [1.807, 2.05) is 0 Å². The molecule has 0 amide bonds. The lowest BCUT2D eigenvalue weighted by atomic mass is 9.82. The monoisotopic (exact) mass is 479 g/mol. The third kappa shape index (κ3) is 2.94. The van der Waals surface area contributed by atoms with Crippen LogP contribution in [-0.4, -0.2) is 14.4 Å². The van der Waals surface area contributed by atoms with Crippen molar-refractivity contribution in [2.75, 3.05) is 0 Å². The zero-order valence-electron chi connectivity index (χ0n) is 21.2. The van der Waals surface area contributed by atoms with Crippen molar-refractivity contribution >= 4 is 59.9 Å². The molecule has 37 heavy (non-hydrogen) atoms. The number of aromatic nitrogens is 3. The zero-order valence-corrected chi connectivity index (χ0v) is 21.2. The van der Waals surface area contributed by atoms with Gasteiger partial charge in [-0.1, -0.05) is 54.6 Å². The van der Waals surface area contributed by atoms with E-state index in [-0.39, 0.29) is 0 Å². The summed E-state index contributed by atoms with van der Waals surface area (Å²) in [7, 11) is 0. The third-order valence-electron chi connectivity index (χ3n) is 8.92. The molecule has 3 heterocycles. The summed E-state index contributed by atoms with van der Waals surface area (Å²) in [5.74, 6) is 0.739. The van der Waals surface area contributed by atoms with Gasteiger partial charge in [-0.3, -0.25) is 0 Å². The van der Waals surface area contributed by atoms with E-state index in [1.54, 1.807) is 6.33 Å². The molecule has 180 valence electrons. The lowest BCUT2D eigenvalue weighted by Gasteiger charge is -2.23. The molecule has 7 aromatic rings. The van der Waals surface area contributed by atoms with Gasteiger partial charge in [0.05, 0.1) is 33.0 Å². The molecular weight excluding hydrogens is 450 g/mol. The molecule has 3 heteroatoms. The maximum absolute atomic E-state index is 4.90. The average Bonchev–Trinajstić information content (AvgIpc) is 3.27. The van der Waals surface area contributed by atoms with Crippen LogP contribution in [0, 0.1) is 12.8 Å². The van der Waals surface area contributed by atoms with Crippen LogP contribution in [0.4, 0.5) is 0 Å². The van der Waals surface area contributed by atoms with Gasteiger partial charge in [0.2, 0.25) is 0 Å². The van der Waals surface area contributed by atoms with Gasteiger partial charge in [-0.25, -0.2) is 9.97 Å². The van der Waals surface area contributed by atoms with Crippen molar-refractivity contribution in [2.45, 2.75) is 45.4 Å². The van der Waals surface area contributed by atoms with Gasteiger partial charge in [-0.2, -0.15) is 0 Å². The van der Waals surface area contributed by atoms with Crippen LogP contribution in [0.1, 0.15) is 43.2 Å². The maximum Gasteiger partial charge on any atom is 0.116 e. The number of benzene rings is 4. The van der Waals surface area contributed by atoms with Crippen molar-refractivity contribution in [3.63, 3.8) is 0 Å². The molecule has 3 aromatic heterocycles. The van der Waals surface area contributed by atoms with E-state index in [2.05, 4.69) is 78.6 Å². The highest BCUT2D eigenvalue weighted by molar-refractivity contribution is 6.29. The van der Waals surface area contributed by atoms with Crippen LogP contribution in [0.15, 0.2) is 79.1 Å². The summed E-state index contributed by atoms with van der Waals surface area (Å²) in [6, 6.07) is 22.3. The fraction of sp³-hybridized carbons (Fsp3) is 0.235.